The summed E-state index contributed by atoms with van der Waals surface area (Å²) < 4.78 is 0.660. The van der Waals surface area contributed by atoms with Gasteiger partial charge in [0.2, 0.25) is 0 Å². The van der Waals surface area contributed by atoms with E-state index in [1.165, 1.54) is 30.6 Å². The second kappa shape index (κ2) is 6.21. The number of hydrogen-bond donors (Lipinski definition) is 1. The van der Waals surface area contributed by atoms with Crippen LogP contribution < -0.4 is 5.32 Å². The van der Waals surface area contributed by atoms with Gasteiger partial charge in [-0.15, -0.1) is 11.3 Å². The summed E-state index contributed by atoms with van der Waals surface area (Å²) in [6.07, 6.45) is 4.88. The Bertz CT molecular complexity index is 396. The molecule has 0 bridgehead atoms. The van der Waals surface area contributed by atoms with Crippen LogP contribution in [0, 0.1) is 5.92 Å². The number of nitrogens with one attached hydrogen (secondary N) is 1. The second-order valence-electron chi connectivity index (χ2n) is 4.44. The maximum Gasteiger partial charge on any atom is 0.261 e. The van der Waals surface area contributed by atoms with E-state index >= 15 is 0 Å². The summed E-state index contributed by atoms with van der Waals surface area (Å²) in [5.74, 6) is 0.603. The first-order valence-electron chi connectivity index (χ1n) is 5.83. The standard InChI is InChI=1S/C12H15BrClNOS/c13-9-3-1-2-8(6-9)7-15-12(16)10-4-5-11(14)17-10/h4-5,8-9H,1-3,6-7H2,(H,15,16). The molecule has 1 aromatic rings. The molecule has 5 heteroatoms. The highest BCUT2D eigenvalue weighted by Gasteiger charge is 2.20. The highest BCUT2D eigenvalue weighted by molar-refractivity contribution is 9.09. The lowest BCUT2D eigenvalue weighted by Gasteiger charge is -2.25. The number of halogens is 2. The molecule has 94 valence electrons. The topological polar surface area (TPSA) is 29.1 Å². The Labute approximate surface area is 119 Å². The maximum absolute atomic E-state index is 11.8. The average Bonchev–Trinajstić information content (AvgIpc) is 2.73. The van der Waals surface area contributed by atoms with Gasteiger partial charge < -0.3 is 5.32 Å². The van der Waals surface area contributed by atoms with Gasteiger partial charge in [0.05, 0.1) is 9.21 Å². The van der Waals surface area contributed by atoms with E-state index in [9.17, 15) is 4.79 Å². The van der Waals surface area contributed by atoms with Crippen LogP contribution in [0.4, 0.5) is 0 Å². The molecule has 1 amide bonds. The van der Waals surface area contributed by atoms with Crippen LogP contribution in [-0.4, -0.2) is 17.3 Å². The summed E-state index contributed by atoms with van der Waals surface area (Å²) in [6, 6.07) is 3.53. The van der Waals surface area contributed by atoms with Crippen LogP contribution in [0.5, 0.6) is 0 Å². The first-order chi connectivity index (χ1) is 8.15. The van der Waals surface area contributed by atoms with Gasteiger partial charge in [0.25, 0.3) is 5.91 Å². The third kappa shape index (κ3) is 3.97. The zero-order valence-corrected chi connectivity index (χ0v) is 12.6. The number of amides is 1. The quantitative estimate of drug-likeness (QED) is 0.828. The molecule has 0 spiro atoms. The van der Waals surface area contributed by atoms with Crippen molar-refractivity contribution in [2.75, 3.05) is 6.54 Å². The summed E-state index contributed by atoms with van der Waals surface area (Å²) in [4.78, 5) is 13.1. The largest absolute Gasteiger partial charge is 0.351 e. The van der Waals surface area contributed by atoms with Gasteiger partial charge in [-0.3, -0.25) is 4.79 Å². The fraction of sp³-hybridized carbons (Fsp3) is 0.583. The molecule has 0 saturated heterocycles. The highest BCUT2D eigenvalue weighted by Crippen LogP contribution is 2.28. The highest BCUT2D eigenvalue weighted by atomic mass is 79.9. The second-order valence-corrected chi connectivity index (χ2v) is 7.45. The lowest BCUT2D eigenvalue weighted by molar-refractivity contribution is 0.0948. The number of carbonyl (C=O) groups excluding carboxylic acids is 1. The van der Waals surface area contributed by atoms with Gasteiger partial charge in [-0.25, -0.2) is 0 Å². The molecule has 1 aliphatic rings. The molecule has 0 aromatic carbocycles. The van der Waals surface area contributed by atoms with E-state index in [1.807, 2.05) is 0 Å². The molecule has 1 N–H and O–H groups in total. The molecule has 0 radical (unpaired) electrons. The Balaban J connectivity index is 1.80. The number of carbonyl (C=O) groups is 1. The van der Waals surface area contributed by atoms with Crippen LogP contribution in [-0.2, 0) is 0 Å². The minimum atomic E-state index is -0.00130. The summed E-state index contributed by atoms with van der Waals surface area (Å²) in [5.41, 5.74) is 0. The summed E-state index contributed by atoms with van der Waals surface area (Å²) in [6.45, 7) is 0.774. The van der Waals surface area contributed by atoms with Crippen LogP contribution in [0.3, 0.4) is 0 Å². The van der Waals surface area contributed by atoms with E-state index in [1.54, 1.807) is 12.1 Å². The van der Waals surface area contributed by atoms with Crippen molar-refractivity contribution in [2.24, 2.45) is 5.92 Å². The SMILES string of the molecule is O=C(NCC1CCCC(Br)C1)c1ccc(Cl)s1. The van der Waals surface area contributed by atoms with Crippen molar-refractivity contribution < 1.29 is 4.79 Å². The van der Waals surface area contributed by atoms with Crippen molar-refractivity contribution in [1.82, 2.24) is 5.32 Å². The molecule has 1 aliphatic carbocycles. The molecule has 1 fully saturated rings. The van der Waals surface area contributed by atoms with Gasteiger partial charge in [0.1, 0.15) is 0 Å². The minimum Gasteiger partial charge on any atom is -0.351 e. The van der Waals surface area contributed by atoms with E-state index in [0.717, 1.165) is 13.0 Å². The van der Waals surface area contributed by atoms with E-state index in [0.29, 0.717) is 20.0 Å². The molecule has 2 rings (SSSR count). The summed E-state index contributed by atoms with van der Waals surface area (Å²) in [5, 5.41) is 2.99. The molecule has 17 heavy (non-hydrogen) atoms. The molecule has 2 atom stereocenters. The smallest absolute Gasteiger partial charge is 0.261 e. The Morgan fingerprint density at radius 2 is 2.35 bits per heavy atom. The Morgan fingerprint density at radius 3 is 3.00 bits per heavy atom. The van der Waals surface area contributed by atoms with Gasteiger partial charge in [-0.2, -0.15) is 0 Å². The van der Waals surface area contributed by atoms with Gasteiger partial charge in [-0.05, 0) is 37.3 Å². The molecule has 2 unspecified atom stereocenters. The Morgan fingerprint density at radius 1 is 1.53 bits per heavy atom. The van der Waals surface area contributed by atoms with Gasteiger partial charge in [0.15, 0.2) is 0 Å². The normalized spacial score (nSPS) is 24.6. The monoisotopic (exact) mass is 335 g/mol. The van der Waals surface area contributed by atoms with Gasteiger partial charge >= 0.3 is 0 Å². The summed E-state index contributed by atoms with van der Waals surface area (Å²) >= 11 is 10.8. The number of hydrogen-bond acceptors (Lipinski definition) is 2. The first-order valence-corrected chi connectivity index (χ1v) is 7.94. The van der Waals surface area contributed by atoms with Crippen LogP contribution in [0.15, 0.2) is 12.1 Å². The third-order valence-corrected chi connectivity index (χ3v) is 5.13. The number of alkyl halides is 1. The fourth-order valence-corrected chi connectivity index (χ4v) is 3.98. The number of thiophene rings is 1. The van der Waals surface area contributed by atoms with Crippen molar-refractivity contribution in [1.29, 1.82) is 0 Å². The Hall–Kier alpha value is -0.0600. The van der Waals surface area contributed by atoms with Gasteiger partial charge in [-0.1, -0.05) is 34.0 Å². The maximum atomic E-state index is 11.8. The average molecular weight is 337 g/mol. The number of rotatable bonds is 3. The van der Waals surface area contributed by atoms with E-state index in [-0.39, 0.29) is 5.91 Å². The predicted molar refractivity (Wildman–Crippen MR) is 76.3 cm³/mol. The van der Waals surface area contributed by atoms with E-state index in [2.05, 4.69) is 21.2 Å². The zero-order valence-electron chi connectivity index (χ0n) is 9.42. The van der Waals surface area contributed by atoms with Crippen LogP contribution >= 0.6 is 38.9 Å². The van der Waals surface area contributed by atoms with Crippen molar-refractivity contribution in [3.63, 3.8) is 0 Å². The van der Waals surface area contributed by atoms with Crippen molar-refractivity contribution in [3.8, 4) is 0 Å². The molecular weight excluding hydrogens is 322 g/mol. The van der Waals surface area contributed by atoms with Gasteiger partial charge in [0, 0.05) is 11.4 Å². The lowest BCUT2D eigenvalue weighted by atomic mass is 9.89. The molecule has 1 heterocycles. The molecule has 1 aromatic heterocycles. The Kier molecular flexibility index (Phi) is 4.88. The minimum absolute atomic E-state index is 0.00130. The zero-order chi connectivity index (χ0) is 12.3. The predicted octanol–water partition coefficient (Wildman–Crippen LogP) is 4.09. The molecule has 2 nitrogen and oxygen atoms in total. The van der Waals surface area contributed by atoms with Crippen molar-refractivity contribution >= 4 is 44.8 Å². The molecule has 1 saturated carbocycles. The van der Waals surface area contributed by atoms with Crippen LogP contribution in [0.25, 0.3) is 0 Å². The lowest BCUT2D eigenvalue weighted by Crippen LogP contribution is -2.31. The summed E-state index contributed by atoms with van der Waals surface area (Å²) in [7, 11) is 0. The first kappa shape index (κ1) is 13.4. The third-order valence-electron chi connectivity index (χ3n) is 3.07. The van der Waals surface area contributed by atoms with Crippen molar-refractivity contribution in [3.05, 3.63) is 21.3 Å². The molecule has 0 aliphatic heterocycles. The molecular formula is C12H15BrClNOS. The van der Waals surface area contributed by atoms with E-state index < -0.39 is 0 Å². The fourth-order valence-electron chi connectivity index (χ4n) is 2.17. The van der Waals surface area contributed by atoms with Crippen LogP contribution in [0.1, 0.15) is 35.4 Å². The van der Waals surface area contributed by atoms with Crippen molar-refractivity contribution in [2.45, 2.75) is 30.5 Å². The van der Waals surface area contributed by atoms with E-state index in [4.69, 9.17) is 11.6 Å². The van der Waals surface area contributed by atoms with Crippen LogP contribution in [0.2, 0.25) is 4.34 Å².